The number of carboxylic acids is 1. The first kappa shape index (κ1) is 13.6. The van der Waals surface area contributed by atoms with Crippen LogP contribution >= 0.6 is 0 Å². The lowest BCUT2D eigenvalue weighted by molar-refractivity contribution is 0.0692. The predicted molar refractivity (Wildman–Crippen MR) is 71.7 cm³/mol. The van der Waals surface area contributed by atoms with Gasteiger partial charge in [0.25, 0.3) is 0 Å². The summed E-state index contributed by atoms with van der Waals surface area (Å²) in [4.78, 5) is 35.8. The number of carbonyl (C=O) groups is 3. The van der Waals surface area contributed by atoms with Crippen molar-refractivity contribution >= 4 is 17.5 Å². The molecule has 0 spiro atoms. The van der Waals surface area contributed by atoms with Crippen molar-refractivity contribution < 1.29 is 34.8 Å². The number of aromatic hydroxyl groups is 3. The largest absolute Gasteiger partial charge is 0.507 e. The number of phenolic OH excluding ortho intramolecular Hbond substituents is 2. The van der Waals surface area contributed by atoms with Crippen LogP contribution in [0.25, 0.3) is 0 Å². The van der Waals surface area contributed by atoms with E-state index >= 15 is 0 Å². The molecule has 0 radical (unpaired) electrons. The van der Waals surface area contributed by atoms with Gasteiger partial charge in [-0.2, -0.15) is 0 Å². The molecule has 0 atom stereocenters. The Bertz CT molecular complexity index is 880. The Morgan fingerprint density at radius 3 is 2.18 bits per heavy atom. The minimum Gasteiger partial charge on any atom is -0.507 e. The van der Waals surface area contributed by atoms with Crippen molar-refractivity contribution in [3.63, 3.8) is 0 Å². The normalized spacial score (nSPS) is 12.7. The summed E-state index contributed by atoms with van der Waals surface area (Å²) in [5.41, 5.74) is -1.95. The molecule has 3 rings (SSSR count). The molecule has 4 N–H and O–H groups in total. The summed E-state index contributed by atoms with van der Waals surface area (Å²) in [7, 11) is 0. The van der Waals surface area contributed by atoms with Gasteiger partial charge in [0.1, 0.15) is 11.3 Å². The maximum atomic E-state index is 12.4. The van der Waals surface area contributed by atoms with Gasteiger partial charge in [0.15, 0.2) is 17.3 Å². The van der Waals surface area contributed by atoms with E-state index in [-0.39, 0.29) is 16.7 Å². The molecule has 0 heterocycles. The smallest absolute Gasteiger partial charge is 0.339 e. The molecule has 0 saturated heterocycles. The number of carbonyl (C=O) groups excluding carboxylic acids is 2. The molecule has 0 saturated carbocycles. The lowest BCUT2D eigenvalue weighted by atomic mass is 9.82. The molecule has 2 aromatic carbocycles. The summed E-state index contributed by atoms with van der Waals surface area (Å²) in [6, 6.07) is 4.71. The average Bonchev–Trinajstić information content (AvgIpc) is 2.46. The zero-order chi connectivity index (χ0) is 16.2. The number of rotatable bonds is 1. The summed E-state index contributed by atoms with van der Waals surface area (Å²) in [5, 5.41) is 38.3. The highest BCUT2D eigenvalue weighted by Crippen LogP contribution is 2.42. The highest BCUT2D eigenvalue weighted by Gasteiger charge is 2.36. The van der Waals surface area contributed by atoms with Crippen LogP contribution < -0.4 is 0 Å². The molecule has 1 aliphatic rings. The Labute approximate surface area is 122 Å². The first-order valence-corrected chi connectivity index (χ1v) is 6.08. The number of aromatic carboxylic acids is 1. The zero-order valence-electron chi connectivity index (χ0n) is 10.8. The summed E-state index contributed by atoms with van der Waals surface area (Å²) in [6.45, 7) is 0. The number of ketones is 2. The first-order valence-electron chi connectivity index (χ1n) is 6.08. The summed E-state index contributed by atoms with van der Waals surface area (Å²) in [6.07, 6.45) is 0. The predicted octanol–water partition coefficient (Wildman–Crippen LogP) is 1.28. The van der Waals surface area contributed by atoms with Gasteiger partial charge in [-0.1, -0.05) is 12.1 Å². The van der Waals surface area contributed by atoms with Gasteiger partial charge in [0.05, 0.1) is 11.1 Å². The molecule has 110 valence electrons. The number of hydrogen-bond donors (Lipinski definition) is 4. The van der Waals surface area contributed by atoms with E-state index in [1.165, 1.54) is 18.2 Å². The molecule has 0 aromatic heterocycles. The Morgan fingerprint density at radius 2 is 1.55 bits per heavy atom. The fraction of sp³-hybridized carbons (Fsp3) is 0. The fourth-order valence-electron chi connectivity index (χ4n) is 2.47. The minimum atomic E-state index is -1.56. The van der Waals surface area contributed by atoms with Crippen LogP contribution in [0, 0.1) is 0 Å². The molecule has 7 nitrogen and oxygen atoms in total. The maximum Gasteiger partial charge on any atom is 0.339 e. The third-order valence-electron chi connectivity index (χ3n) is 3.49. The Morgan fingerprint density at radius 1 is 0.864 bits per heavy atom. The Balaban J connectivity index is 2.40. The quantitative estimate of drug-likeness (QED) is 0.497. The number of fused-ring (bicyclic) bond motifs is 2. The molecular formula is C15H8O7. The van der Waals surface area contributed by atoms with E-state index in [2.05, 4.69) is 0 Å². The van der Waals surface area contributed by atoms with Gasteiger partial charge >= 0.3 is 5.97 Å². The van der Waals surface area contributed by atoms with E-state index in [9.17, 15) is 29.7 Å². The van der Waals surface area contributed by atoms with Crippen LogP contribution in [0.15, 0.2) is 24.3 Å². The molecule has 1 aliphatic carbocycles. The molecule has 0 amide bonds. The third-order valence-corrected chi connectivity index (χ3v) is 3.49. The number of benzene rings is 2. The Hall–Kier alpha value is -3.35. The fourth-order valence-corrected chi connectivity index (χ4v) is 2.47. The van der Waals surface area contributed by atoms with E-state index in [1.807, 2.05) is 0 Å². The monoisotopic (exact) mass is 300 g/mol. The summed E-state index contributed by atoms with van der Waals surface area (Å²) in [5.74, 6) is -5.60. The summed E-state index contributed by atoms with van der Waals surface area (Å²) < 4.78 is 0. The van der Waals surface area contributed by atoms with E-state index in [0.717, 1.165) is 6.07 Å². The van der Waals surface area contributed by atoms with Crippen LogP contribution in [-0.4, -0.2) is 38.0 Å². The highest BCUT2D eigenvalue weighted by molar-refractivity contribution is 6.30. The molecule has 0 bridgehead atoms. The van der Waals surface area contributed by atoms with E-state index in [1.54, 1.807) is 0 Å². The van der Waals surface area contributed by atoms with E-state index in [0.29, 0.717) is 0 Å². The van der Waals surface area contributed by atoms with Gasteiger partial charge in [-0.3, -0.25) is 9.59 Å². The van der Waals surface area contributed by atoms with Crippen molar-refractivity contribution in [3.05, 3.63) is 52.1 Å². The van der Waals surface area contributed by atoms with Crippen molar-refractivity contribution in [2.45, 2.75) is 0 Å². The van der Waals surface area contributed by atoms with Crippen molar-refractivity contribution in [1.82, 2.24) is 0 Å². The van der Waals surface area contributed by atoms with Crippen LogP contribution in [0.2, 0.25) is 0 Å². The molecule has 0 aliphatic heterocycles. The number of phenols is 3. The van der Waals surface area contributed by atoms with Crippen molar-refractivity contribution in [3.8, 4) is 17.2 Å². The van der Waals surface area contributed by atoms with Crippen LogP contribution in [0.4, 0.5) is 0 Å². The third kappa shape index (κ3) is 1.59. The molecular weight excluding hydrogens is 292 g/mol. The topological polar surface area (TPSA) is 132 Å². The lowest BCUT2D eigenvalue weighted by Crippen LogP contribution is -2.22. The molecule has 7 heteroatoms. The van der Waals surface area contributed by atoms with Crippen molar-refractivity contribution in [2.75, 3.05) is 0 Å². The van der Waals surface area contributed by atoms with Gasteiger partial charge in [-0.15, -0.1) is 0 Å². The highest BCUT2D eigenvalue weighted by atomic mass is 16.4. The summed E-state index contributed by atoms with van der Waals surface area (Å²) >= 11 is 0. The van der Waals surface area contributed by atoms with Gasteiger partial charge in [0.2, 0.25) is 5.78 Å². The van der Waals surface area contributed by atoms with Crippen LogP contribution in [0.1, 0.15) is 42.2 Å². The molecule has 0 fully saturated rings. The van der Waals surface area contributed by atoms with Gasteiger partial charge in [-0.25, -0.2) is 4.79 Å². The standard InChI is InChI=1S/C15H8O7/c16-8-3-1-2-5-9(8)13(19)10-6(11(5)17)4-7(15(21)22)12(18)14(10)20/h1-4,16,18,20H,(H,21,22). The van der Waals surface area contributed by atoms with Crippen molar-refractivity contribution in [1.29, 1.82) is 0 Å². The van der Waals surface area contributed by atoms with E-state index in [4.69, 9.17) is 5.11 Å². The van der Waals surface area contributed by atoms with Crippen LogP contribution in [0.3, 0.4) is 0 Å². The van der Waals surface area contributed by atoms with Crippen LogP contribution in [-0.2, 0) is 0 Å². The first-order chi connectivity index (χ1) is 10.3. The molecule has 2 aromatic rings. The number of carboxylic acid groups (broad SMARTS) is 1. The minimum absolute atomic E-state index is 0.0982. The van der Waals surface area contributed by atoms with Crippen molar-refractivity contribution in [2.24, 2.45) is 0 Å². The lowest BCUT2D eigenvalue weighted by Gasteiger charge is -2.20. The average molecular weight is 300 g/mol. The van der Waals surface area contributed by atoms with Crippen LogP contribution in [0.5, 0.6) is 17.2 Å². The molecule has 0 unspecified atom stereocenters. The zero-order valence-corrected chi connectivity index (χ0v) is 10.8. The second kappa shape index (κ2) is 4.32. The van der Waals surface area contributed by atoms with Gasteiger partial charge in [-0.05, 0) is 12.1 Å². The second-order valence-corrected chi connectivity index (χ2v) is 4.71. The molecule has 22 heavy (non-hydrogen) atoms. The van der Waals surface area contributed by atoms with Gasteiger partial charge in [0, 0.05) is 11.1 Å². The number of hydrogen-bond acceptors (Lipinski definition) is 6. The SMILES string of the molecule is O=C(O)c1cc2c(c(O)c1O)C(=O)c1c(O)cccc1C2=O. The van der Waals surface area contributed by atoms with Gasteiger partial charge < -0.3 is 20.4 Å². The Kier molecular flexibility index (Phi) is 2.68. The van der Waals surface area contributed by atoms with E-state index < -0.39 is 45.9 Å². The second-order valence-electron chi connectivity index (χ2n) is 4.71. The maximum absolute atomic E-state index is 12.4.